The monoisotopic (exact) mass is 268 g/mol. The van der Waals surface area contributed by atoms with Crippen LogP contribution in [0, 0.1) is 0 Å². The predicted molar refractivity (Wildman–Crippen MR) is 60.7 cm³/mol. The molecule has 0 aliphatic heterocycles. The quantitative estimate of drug-likeness (QED) is 0.850. The van der Waals surface area contributed by atoms with Gasteiger partial charge in [0.1, 0.15) is 5.01 Å². The predicted octanol–water partition coefficient (Wildman–Crippen LogP) is 1.04. The van der Waals surface area contributed by atoms with E-state index in [1.165, 1.54) is 11.3 Å². The molecule has 0 aliphatic carbocycles. The van der Waals surface area contributed by atoms with Crippen molar-refractivity contribution in [2.75, 3.05) is 5.32 Å². The van der Waals surface area contributed by atoms with Crippen LogP contribution in [0.4, 0.5) is 5.13 Å². The van der Waals surface area contributed by atoms with Crippen LogP contribution in [0.15, 0.2) is 10.6 Å². The first-order valence-corrected chi connectivity index (χ1v) is 5.75. The number of rotatable bonds is 4. The van der Waals surface area contributed by atoms with Gasteiger partial charge in [-0.2, -0.15) is 0 Å². The standard InChI is InChI=1S/C9H8N4O4S/c1-2-6-11-12-9(18-6)10-7(14)4-3-5(8(15)16)17-13-4/h3H,2H2,1H3,(H,15,16)(H,10,12,14). The lowest BCUT2D eigenvalue weighted by atomic mass is 10.3. The maximum atomic E-state index is 11.7. The van der Waals surface area contributed by atoms with Crippen molar-refractivity contribution in [1.82, 2.24) is 15.4 Å². The van der Waals surface area contributed by atoms with Gasteiger partial charge in [-0.25, -0.2) is 4.79 Å². The summed E-state index contributed by atoms with van der Waals surface area (Å²) in [6, 6.07) is 1.04. The minimum absolute atomic E-state index is 0.124. The van der Waals surface area contributed by atoms with Gasteiger partial charge in [-0.1, -0.05) is 23.4 Å². The summed E-state index contributed by atoms with van der Waals surface area (Å²) in [6.45, 7) is 1.92. The molecule has 1 amide bonds. The highest BCUT2D eigenvalue weighted by atomic mass is 32.1. The first-order chi connectivity index (χ1) is 8.60. The summed E-state index contributed by atoms with van der Waals surface area (Å²) in [7, 11) is 0. The first-order valence-electron chi connectivity index (χ1n) is 4.94. The van der Waals surface area contributed by atoms with Gasteiger partial charge in [-0.05, 0) is 6.42 Å². The third-order valence-electron chi connectivity index (χ3n) is 1.94. The van der Waals surface area contributed by atoms with Crippen molar-refractivity contribution in [3.63, 3.8) is 0 Å². The van der Waals surface area contributed by atoms with Gasteiger partial charge in [0.25, 0.3) is 5.91 Å². The SMILES string of the molecule is CCc1nnc(NC(=O)c2cc(C(=O)O)on2)s1. The second-order valence-electron chi connectivity index (χ2n) is 3.19. The molecule has 0 aliphatic rings. The molecule has 8 nitrogen and oxygen atoms in total. The summed E-state index contributed by atoms with van der Waals surface area (Å²) in [5.41, 5.74) is -0.124. The van der Waals surface area contributed by atoms with Gasteiger partial charge in [-0.3, -0.25) is 10.1 Å². The Morgan fingerprint density at radius 1 is 1.50 bits per heavy atom. The highest BCUT2D eigenvalue weighted by Crippen LogP contribution is 2.16. The number of hydrogen-bond acceptors (Lipinski definition) is 7. The van der Waals surface area contributed by atoms with Crippen LogP contribution in [-0.2, 0) is 6.42 Å². The number of nitrogens with zero attached hydrogens (tertiary/aromatic N) is 3. The molecule has 0 saturated heterocycles. The molecule has 0 saturated carbocycles. The molecule has 2 rings (SSSR count). The van der Waals surface area contributed by atoms with Gasteiger partial charge in [-0.15, -0.1) is 10.2 Å². The summed E-state index contributed by atoms with van der Waals surface area (Å²) in [4.78, 5) is 22.2. The van der Waals surface area contributed by atoms with Crippen LogP contribution in [0.25, 0.3) is 0 Å². The lowest BCUT2D eigenvalue weighted by Crippen LogP contribution is -2.12. The number of anilines is 1. The molecular formula is C9H8N4O4S. The smallest absolute Gasteiger partial charge is 0.374 e. The molecule has 0 radical (unpaired) electrons. The minimum atomic E-state index is -1.29. The third kappa shape index (κ3) is 2.51. The lowest BCUT2D eigenvalue weighted by molar-refractivity contribution is 0.0651. The molecule has 2 heterocycles. The molecule has 94 valence electrons. The van der Waals surface area contributed by atoms with E-state index < -0.39 is 17.6 Å². The zero-order valence-corrected chi connectivity index (χ0v) is 10.0. The molecule has 9 heteroatoms. The Hall–Kier alpha value is -2.29. The number of carboxylic acid groups (broad SMARTS) is 1. The molecule has 0 unspecified atom stereocenters. The molecule has 0 aromatic carbocycles. The second kappa shape index (κ2) is 4.92. The summed E-state index contributed by atoms with van der Waals surface area (Å²) < 4.78 is 4.47. The van der Waals surface area contributed by atoms with Crippen LogP contribution in [-0.4, -0.2) is 32.3 Å². The van der Waals surface area contributed by atoms with E-state index >= 15 is 0 Å². The molecule has 0 spiro atoms. The maximum absolute atomic E-state index is 11.7. The number of carbonyl (C=O) groups is 2. The number of aromatic nitrogens is 3. The van der Waals surface area contributed by atoms with Crippen LogP contribution < -0.4 is 5.32 Å². The van der Waals surface area contributed by atoms with Crippen LogP contribution in [0.2, 0.25) is 0 Å². The van der Waals surface area contributed by atoms with E-state index in [-0.39, 0.29) is 5.69 Å². The van der Waals surface area contributed by atoms with E-state index in [0.29, 0.717) is 5.13 Å². The van der Waals surface area contributed by atoms with Crippen molar-refractivity contribution in [2.24, 2.45) is 0 Å². The van der Waals surface area contributed by atoms with Gasteiger partial charge < -0.3 is 9.63 Å². The number of nitrogens with one attached hydrogen (secondary N) is 1. The second-order valence-corrected chi connectivity index (χ2v) is 4.25. The molecule has 0 atom stereocenters. The van der Waals surface area contributed by atoms with E-state index in [9.17, 15) is 9.59 Å². The van der Waals surface area contributed by atoms with Crippen molar-refractivity contribution in [3.8, 4) is 0 Å². The van der Waals surface area contributed by atoms with Crippen molar-refractivity contribution < 1.29 is 19.2 Å². The summed E-state index contributed by atoms with van der Waals surface area (Å²) in [5, 5.41) is 23.1. The first kappa shape index (κ1) is 12.2. The van der Waals surface area contributed by atoms with Gasteiger partial charge in [0.05, 0.1) is 0 Å². The van der Waals surface area contributed by atoms with Crippen LogP contribution in [0.3, 0.4) is 0 Å². The van der Waals surface area contributed by atoms with Gasteiger partial charge in [0.15, 0.2) is 5.69 Å². The molecule has 0 bridgehead atoms. The summed E-state index contributed by atoms with van der Waals surface area (Å²) in [6.07, 6.45) is 0.723. The lowest BCUT2D eigenvalue weighted by Gasteiger charge is -1.94. The zero-order valence-electron chi connectivity index (χ0n) is 9.21. The Morgan fingerprint density at radius 3 is 2.83 bits per heavy atom. The number of aryl methyl sites for hydroxylation is 1. The van der Waals surface area contributed by atoms with E-state index in [1.54, 1.807) is 0 Å². The Bertz CT molecular complexity index is 591. The number of carbonyl (C=O) groups excluding carboxylic acids is 1. The normalized spacial score (nSPS) is 10.3. The van der Waals surface area contributed by atoms with E-state index in [2.05, 4.69) is 25.2 Å². The zero-order chi connectivity index (χ0) is 13.1. The van der Waals surface area contributed by atoms with Crippen molar-refractivity contribution in [1.29, 1.82) is 0 Å². The fraction of sp³-hybridized carbons (Fsp3) is 0.222. The van der Waals surface area contributed by atoms with Gasteiger partial charge >= 0.3 is 5.97 Å². The maximum Gasteiger partial charge on any atom is 0.374 e. The van der Waals surface area contributed by atoms with Crippen LogP contribution in [0.1, 0.15) is 33.0 Å². The molecule has 2 N–H and O–H groups in total. The summed E-state index contributed by atoms with van der Waals surface area (Å²) >= 11 is 1.24. The van der Waals surface area contributed by atoms with E-state index in [0.717, 1.165) is 17.5 Å². The molecular weight excluding hydrogens is 260 g/mol. The van der Waals surface area contributed by atoms with Gasteiger partial charge in [0.2, 0.25) is 10.9 Å². The van der Waals surface area contributed by atoms with Crippen molar-refractivity contribution >= 4 is 28.3 Å². The Labute approximate surface area is 105 Å². The highest BCUT2D eigenvalue weighted by molar-refractivity contribution is 7.15. The molecule has 18 heavy (non-hydrogen) atoms. The Morgan fingerprint density at radius 2 is 2.28 bits per heavy atom. The fourth-order valence-corrected chi connectivity index (χ4v) is 1.77. The van der Waals surface area contributed by atoms with Crippen molar-refractivity contribution in [3.05, 3.63) is 22.5 Å². The molecule has 2 aromatic heterocycles. The van der Waals surface area contributed by atoms with Crippen LogP contribution in [0.5, 0.6) is 0 Å². The average molecular weight is 268 g/mol. The largest absolute Gasteiger partial charge is 0.475 e. The van der Waals surface area contributed by atoms with E-state index in [4.69, 9.17) is 5.11 Å². The van der Waals surface area contributed by atoms with Crippen LogP contribution >= 0.6 is 11.3 Å². The number of hydrogen-bond donors (Lipinski definition) is 2. The Kier molecular flexibility index (Phi) is 3.33. The third-order valence-corrected chi connectivity index (χ3v) is 2.93. The average Bonchev–Trinajstić information content (AvgIpc) is 2.97. The number of carboxylic acids is 1. The topological polar surface area (TPSA) is 118 Å². The molecule has 2 aromatic rings. The Balaban J connectivity index is 2.09. The summed E-state index contributed by atoms with van der Waals surface area (Å²) in [5.74, 6) is -2.28. The number of amides is 1. The molecule has 0 fully saturated rings. The van der Waals surface area contributed by atoms with Gasteiger partial charge in [0, 0.05) is 6.07 Å². The van der Waals surface area contributed by atoms with E-state index in [1.807, 2.05) is 6.92 Å². The fourth-order valence-electron chi connectivity index (χ4n) is 1.09. The minimum Gasteiger partial charge on any atom is -0.475 e. The van der Waals surface area contributed by atoms with Crippen molar-refractivity contribution in [2.45, 2.75) is 13.3 Å². The number of aromatic carboxylic acids is 1. The highest BCUT2D eigenvalue weighted by Gasteiger charge is 2.17.